The van der Waals surface area contributed by atoms with Crippen molar-refractivity contribution in [3.05, 3.63) is 230 Å². The second-order valence-electron chi connectivity index (χ2n) is 17.7. The van der Waals surface area contributed by atoms with E-state index in [1.807, 2.05) is 42.5 Å². The minimum Gasteiger partial charge on any atom is -0.455 e. The Kier molecular flexibility index (Phi) is 7.83. The van der Waals surface area contributed by atoms with E-state index in [1.54, 1.807) is 6.20 Å². The maximum Gasteiger partial charge on any atom is 0.143 e. The molecule has 2 aromatic heterocycles. The van der Waals surface area contributed by atoms with Crippen molar-refractivity contribution in [2.24, 2.45) is 0 Å². The standard InChI is InChI=1S/C65H40N2O/c1-39-42(40-32-34-54-49-20-5-4-18-47(49)45-16-2-3-17-46(45)48-19-6-8-23-52(48)59(54)36-40)27-14-28-43(39)61-38-66-63-57-35-33-41(44-29-15-30-58-55-25-12-13-31-62(55)68-65(44)58)37-60(57)53-24-9-7-21-50(53)51-22-10-11-26-56(51)64(63)67-61/h2-38H,1H3/i1D3. The van der Waals surface area contributed by atoms with Gasteiger partial charge in [-0.2, -0.15) is 0 Å². The van der Waals surface area contributed by atoms with Gasteiger partial charge in [-0.15, -0.1) is 0 Å². The zero-order valence-electron chi connectivity index (χ0n) is 39.7. The van der Waals surface area contributed by atoms with Gasteiger partial charge in [0.05, 0.1) is 23.3 Å². The lowest BCUT2D eigenvalue weighted by molar-refractivity contribution is 0.670. The number of furan rings is 1. The van der Waals surface area contributed by atoms with E-state index in [0.717, 1.165) is 111 Å². The molecule has 14 rings (SSSR count). The first-order chi connectivity index (χ1) is 34.9. The maximum absolute atomic E-state index is 9.20. The minimum atomic E-state index is -2.51. The quantitative estimate of drug-likeness (QED) is 0.178. The van der Waals surface area contributed by atoms with Crippen molar-refractivity contribution in [3.8, 4) is 123 Å². The summed E-state index contributed by atoms with van der Waals surface area (Å²) < 4.78 is 34.1. The van der Waals surface area contributed by atoms with Crippen molar-refractivity contribution in [3.63, 3.8) is 0 Å². The van der Waals surface area contributed by atoms with Gasteiger partial charge in [-0.25, -0.2) is 4.98 Å². The molecule has 10 aromatic carbocycles. The topological polar surface area (TPSA) is 38.9 Å². The largest absolute Gasteiger partial charge is 0.455 e. The SMILES string of the molecule is [2H]C([2H])([2H])c1c(-c2ccc3c(c2)-c2ccccc2-c2ccccc2-c2ccccc2-3)cccc1-c1cnc2c(n1)-c1ccccc1-c1ccccc1-c1cc(-c3cccc4c3oc3ccccc34)ccc1-2. The van der Waals surface area contributed by atoms with E-state index in [-0.39, 0.29) is 5.56 Å². The Hall–Kier alpha value is -8.92. The Morgan fingerprint density at radius 2 is 0.750 bits per heavy atom. The summed E-state index contributed by atoms with van der Waals surface area (Å²) in [5.74, 6) is 0. The average Bonchev–Trinajstić information content (AvgIpc) is 3.81. The van der Waals surface area contributed by atoms with Gasteiger partial charge in [-0.1, -0.05) is 200 Å². The van der Waals surface area contributed by atoms with Crippen LogP contribution in [-0.4, -0.2) is 9.97 Å². The maximum atomic E-state index is 9.20. The van der Waals surface area contributed by atoms with Crippen LogP contribution in [0.3, 0.4) is 0 Å². The molecule has 3 nitrogen and oxygen atoms in total. The highest BCUT2D eigenvalue weighted by atomic mass is 16.3. The fourth-order valence-electron chi connectivity index (χ4n) is 10.9. The van der Waals surface area contributed by atoms with E-state index in [4.69, 9.17) is 14.4 Å². The molecule has 0 fully saturated rings. The number of aromatic nitrogens is 2. The second-order valence-corrected chi connectivity index (χ2v) is 17.7. The summed E-state index contributed by atoms with van der Waals surface area (Å²) in [7, 11) is 0. The molecule has 68 heavy (non-hydrogen) atoms. The smallest absolute Gasteiger partial charge is 0.143 e. The van der Waals surface area contributed by atoms with Crippen LogP contribution >= 0.6 is 0 Å². The first-order valence-electron chi connectivity index (χ1n) is 24.6. The van der Waals surface area contributed by atoms with Crippen molar-refractivity contribution >= 4 is 21.9 Å². The Bertz CT molecular complexity index is 4180. The van der Waals surface area contributed by atoms with E-state index < -0.39 is 6.85 Å². The molecule has 0 saturated heterocycles. The van der Waals surface area contributed by atoms with E-state index in [0.29, 0.717) is 28.2 Å². The van der Waals surface area contributed by atoms with Gasteiger partial charge >= 0.3 is 0 Å². The number of para-hydroxylation sites is 2. The lowest BCUT2D eigenvalue weighted by Gasteiger charge is -2.24. The van der Waals surface area contributed by atoms with Gasteiger partial charge in [0.25, 0.3) is 0 Å². The molecule has 0 aliphatic heterocycles. The van der Waals surface area contributed by atoms with Crippen molar-refractivity contribution < 1.29 is 8.53 Å². The van der Waals surface area contributed by atoms with Gasteiger partial charge in [-0.3, -0.25) is 4.98 Å². The first-order valence-corrected chi connectivity index (χ1v) is 23.1. The van der Waals surface area contributed by atoms with Gasteiger partial charge < -0.3 is 4.42 Å². The predicted octanol–water partition coefficient (Wildman–Crippen LogP) is 17.6. The summed E-state index contributed by atoms with van der Waals surface area (Å²) in [6, 6.07) is 75.7. The fourth-order valence-corrected chi connectivity index (χ4v) is 10.9. The Balaban J connectivity index is 0.960. The van der Waals surface area contributed by atoms with E-state index in [9.17, 15) is 4.11 Å². The molecule has 0 radical (unpaired) electrons. The number of benzene rings is 10. The van der Waals surface area contributed by atoms with Gasteiger partial charge in [-0.05, 0) is 114 Å². The molecule has 3 heteroatoms. The summed E-state index contributed by atoms with van der Waals surface area (Å²) in [6.45, 7) is -2.51. The van der Waals surface area contributed by atoms with Gasteiger partial charge in [0.15, 0.2) is 0 Å². The van der Waals surface area contributed by atoms with Crippen molar-refractivity contribution in [1.29, 1.82) is 0 Å². The molecule has 12 aromatic rings. The molecular formula is C65H40N2O. The molecule has 0 spiro atoms. The minimum absolute atomic E-state index is 0.230. The molecule has 2 aliphatic carbocycles. The highest BCUT2D eigenvalue weighted by Gasteiger charge is 2.27. The number of fused-ring (bicyclic) bond motifs is 19. The van der Waals surface area contributed by atoms with Crippen LogP contribution in [0.25, 0.3) is 145 Å². The van der Waals surface area contributed by atoms with Crippen molar-refractivity contribution in [2.75, 3.05) is 0 Å². The first kappa shape index (κ1) is 35.4. The van der Waals surface area contributed by atoms with Crippen LogP contribution in [0.4, 0.5) is 0 Å². The molecule has 316 valence electrons. The Morgan fingerprint density at radius 3 is 1.37 bits per heavy atom. The van der Waals surface area contributed by atoms with E-state index in [2.05, 4.69) is 176 Å². The summed E-state index contributed by atoms with van der Waals surface area (Å²) in [6.07, 6.45) is 1.75. The van der Waals surface area contributed by atoms with Crippen LogP contribution in [0.5, 0.6) is 0 Å². The third-order valence-electron chi connectivity index (χ3n) is 14.1. The van der Waals surface area contributed by atoms with Crippen LogP contribution in [0, 0.1) is 6.85 Å². The van der Waals surface area contributed by atoms with E-state index >= 15 is 0 Å². The highest BCUT2D eigenvalue weighted by Crippen LogP contribution is 2.51. The zero-order chi connectivity index (χ0) is 47.4. The molecule has 2 heterocycles. The van der Waals surface area contributed by atoms with Crippen molar-refractivity contribution in [2.45, 2.75) is 6.85 Å². The Labute approximate surface area is 398 Å². The number of hydrogen-bond donors (Lipinski definition) is 0. The summed E-state index contributed by atoms with van der Waals surface area (Å²) >= 11 is 0. The summed E-state index contributed by atoms with van der Waals surface area (Å²) in [5, 5.41) is 2.16. The fraction of sp³-hybridized carbons (Fsp3) is 0.0154. The third kappa shape index (κ3) is 5.79. The van der Waals surface area contributed by atoms with Crippen LogP contribution in [-0.2, 0) is 0 Å². The summed E-state index contributed by atoms with van der Waals surface area (Å²) in [5.41, 5.74) is 22.8. The van der Waals surface area contributed by atoms with Crippen LogP contribution in [0.2, 0.25) is 0 Å². The predicted molar refractivity (Wildman–Crippen MR) is 281 cm³/mol. The molecule has 2 aliphatic rings. The number of hydrogen-bond acceptors (Lipinski definition) is 3. The second kappa shape index (κ2) is 15.1. The number of nitrogens with zero attached hydrogens (tertiary/aromatic N) is 2. The molecule has 0 N–H and O–H groups in total. The highest BCUT2D eigenvalue weighted by molar-refractivity contribution is 6.11. The van der Waals surface area contributed by atoms with Crippen molar-refractivity contribution in [1.82, 2.24) is 9.97 Å². The lowest BCUT2D eigenvalue weighted by Crippen LogP contribution is -2.03. The van der Waals surface area contributed by atoms with E-state index in [1.165, 1.54) is 5.56 Å². The molecule has 0 atom stereocenters. The van der Waals surface area contributed by atoms with Gasteiger partial charge in [0.2, 0.25) is 0 Å². The monoisotopic (exact) mass is 867 g/mol. The lowest BCUT2D eigenvalue weighted by atomic mass is 9.80. The Morgan fingerprint density at radius 1 is 0.338 bits per heavy atom. The molecule has 0 amide bonds. The normalized spacial score (nSPS) is 12.7. The average molecular weight is 868 g/mol. The summed E-state index contributed by atoms with van der Waals surface area (Å²) in [4.78, 5) is 10.8. The zero-order valence-corrected chi connectivity index (χ0v) is 36.7. The molecule has 0 bridgehead atoms. The third-order valence-corrected chi connectivity index (χ3v) is 14.1. The molecule has 0 saturated carbocycles. The van der Waals surface area contributed by atoms with Crippen LogP contribution in [0.1, 0.15) is 9.68 Å². The molecular weight excluding hydrogens is 825 g/mol. The van der Waals surface area contributed by atoms with Gasteiger partial charge in [0, 0.05) is 37.1 Å². The molecule has 0 unspecified atom stereocenters. The van der Waals surface area contributed by atoms with Crippen LogP contribution < -0.4 is 0 Å². The number of rotatable bonds is 3. The van der Waals surface area contributed by atoms with Gasteiger partial charge in [0.1, 0.15) is 11.2 Å². The van der Waals surface area contributed by atoms with Crippen LogP contribution in [0.15, 0.2) is 229 Å².